The molecule has 0 spiro atoms. The van der Waals surface area contributed by atoms with E-state index in [2.05, 4.69) is 173 Å². The van der Waals surface area contributed by atoms with Crippen LogP contribution in [-0.2, 0) is 0 Å². The molecule has 0 radical (unpaired) electrons. The molecule has 12 rings (SSSR count). The number of aromatic nitrogens is 6. The van der Waals surface area contributed by atoms with Gasteiger partial charge in [-0.3, -0.25) is 4.57 Å². The number of benzene rings is 8. The topological polar surface area (TPSA) is 61.4 Å². The average Bonchev–Trinajstić information content (AvgIpc) is 4.01. The van der Waals surface area contributed by atoms with Crippen molar-refractivity contribution in [1.82, 2.24) is 29.1 Å². The van der Waals surface area contributed by atoms with E-state index in [1.807, 2.05) is 30.3 Å². The molecule has 0 aliphatic rings. The van der Waals surface area contributed by atoms with Gasteiger partial charge in [-0.15, -0.1) is 11.3 Å². The van der Waals surface area contributed by atoms with E-state index in [-0.39, 0.29) is 0 Å². The molecule has 4 heterocycles. The number of rotatable bonds is 6. The zero-order valence-corrected chi connectivity index (χ0v) is 32.4. The summed E-state index contributed by atoms with van der Waals surface area (Å²) in [5, 5.41) is 5.56. The van der Waals surface area contributed by atoms with Crippen molar-refractivity contribution in [2.75, 3.05) is 0 Å². The van der Waals surface area contributed by atoms with E-state index in [0.717, 1.165) is 87.0 Å². The smallest absolute Gasteiger partial charge is 0.238 e. The van der Waals surface area contributed by atoms with Gasteiger partial charge in [0.15, 0.2) is 11.6 Å². The Balaban J connectivity index is 1.17. The highest BCUT2D eigenvalue weighted by Crippen LogP contribution is 2.44. The molecule has 12 aromatic rings. The number of fused-ring (bicyclic) bond motifs is 8. The number of hydrogen-bond donors (Lipinski definition) is 0. The highest BCUT2D eigenvalue weighted by molar-refractivity contribution is 7.22. The second kappa shape index (κ2) is 13.4. The molecule has 276 valence electrons. The first kappa shape index (κ1) is 33.4. The summed E-state index contributed by atoms with van der Waals surface area (Å²) in [4.78, 5) is 20.9. The van der Waals surface area contributed by atoms with Crippen molar-refractivity contribution >= 4 is 65.2 Å². The number of hydrogen-bond acceptors (Lipinski definition) is 5. The maximum atomic E-state index is 5.35. The molecule has 0 aliphatic heterocycles. The Morgan fingerprint density at radius 2 is 0.831 bits per heavy atom. The van der Waals surface area contributed by atoms with E-state index in [1.165, 1.54) is 5.39 Å². The average molecular weight is 773 g/mol. The summed E-state index contributed by atoms with van der Waals surface area (Å²) in [7, 11) is 0. The van der Waals surface area contributed by atoms with Crippen molar-refractivity contribution in [2.45, 2.75) is 0 Å². The molecule has 0 unspecified atom stereocenters. The van der Waals surface area contributed by atoms with Crippen molar-refractivity contribution in [2.24, 2.45) is 0 Å². The first-order valence-electron chi connectivity index (χ1n) is 19.7. The summed E-state index contributed by atoms with van der Waals surface area (Å²) in [6.45, 7) is 0. The van der Waals surface area contributed by atoms with Crippen molar-refractivity contribution < 1.29 is 0 Å². The van der Waals surface area contributed by atoms with Crippen LogP contribution in [0.4, 0.5) is 0 Å². The molecule has 0 atom stereocenters. The summed E-state index contributed by atoms with van der Waals surface area (Å²) in [6.07, 6.45) is 0. The van der Waals surface area contributed by atoms with E-state index in [4.69, 9.17) is 19.9 Å². The first-order valence-corrected chi connectivity index (χ1v) is 20.5. The zero-order valence-electron chi connectivity index (χ0n) is 31.6. The van der Waals surface area contributed by atoms with Gasteiger partial charge in [0.2, 0.25) is 5.95 Å². The second-order valence-corrected chi connectivity index (χ2v) is 15.7. The van der Waals surface area contributed by atoms with Crippen LogP contribution >= 0.6 is 11.3 Å². The monoisotopic (exact) mass is 772 g/mol. The van der Waals surface area contributed by atoms with Gasteiger partial charge in [0.1, 0.15) is 5.01 Å². The summed E-state index contributed by atoms with van der Waals surface area (Å²) >= 11 is 1.73. The summed E-state index contributed by atoms with van der Waals surface area (Å²) in [5.41, 5.74) is 11.5. The van der Waals surface area contributed by atoms with Gasteiger partial charge in [0.25, 0.3) is 0 Å². The van der Waals surface area contributed by atoms with Gasteiger partial charge in [-0.25, -0.2) is 9.97 Å². The fourth-order valence-electron chi connectivity index (χ4n) is 8.53. The van der Waals surface area contributed by atoms with E-state index in [0.29, 0.717) is 17.6 Å². The minimum Gasteiger partial charge on any atom is -0.306 e. The largest absolute Gasteiger partial charge is 0.306 e. The van der Waals surface area contributed by atoms with Gasteiger partial charge in [0.05, 0.1) is 38.0 Å². The first-order chi connectivity index (χ1) is 29.3. The van der Waals surface area contributed by atoms with E-state index < -0.39 is 0 Å². The number of para-hydroxylation sites is 2. The Morgan fingerprint density at radius 1 is 0.339 bits per heavy atom. The van der Waals surface area contributed by atoms with Crippen molar-refractivity contribution in [3.8, 4) is 56.1 Å². The van der Waals surface area contributed by atoms with E-state index in [1.54, 1.807) is 11.3 Å². The summed E-state index contributed by atoms with van der Waals surface area (Å²) in [5.74, 6) is 1.77. The molecule has 0 saturated heterocycles. The highest BCUT2D eigenvalue weighted by atomic mass is 32.1. The van der Waals surface area contributed by atoms with Gasteiger partial charge >= 0.3 is 0 Å². The van der Waals surface area contributed by atoms with Crippen LogP contribution in [0, 0.1) is 0 Å². The fourth-order valence-corrected chi connectivity index (χ4v) is 9.60. The van der Waals surface area contributed by atoms with Crippen LogP contribution in [0.15, 0.2) is 194 Å². The Labute approximate surface area is 343 Å². The molecule has 0 fully saturated rings. The Hall–Kier alpha value is -7.74. The van der Waals surface area contributed by atoms with Crippen LogP contribution in [0.1, 0.15) is 0 Å². The maximum Gasteiger partial charge on any atom is 0.238 e. The molecule has 7 heteroatoms. The number of thiazole rings is 1. The lowest BCUT2D eigenvalue weighted by molar-refractivity contribution is 0.953. The zero-order chi connectivity index (χ0) is 38.9. The van der Waals surface area contributed by atoms with E-state index >= 15 is 0 Å². The van der Waals surface area contributed by atoms with Crippen molar-refractivity contribution in [1.29, 1.82) is 0 Å². The lowest BCUT2D eigenvalue weighted by Crippen LogP contribution is -2.07. The molecule has 0 bridgehead atoms. The van der Waals surface area contributed by atoms with Crippen LogP contribution in [0.25, 0.3) is 110 Å². The standard InChI is InChI=1S/C52H32N6S/c1-4-15-33(16-5-1)34-27-29-36(30-28-34)50-54-49(35-17-6-2-7-18-35)55-52(56-50)58-44-25-13-11-22-39(44)41-32-31-40-38-21-10-12-24-43(38)57(46(40)47(41)58)45-26-14-23-42-48(45)59-51(53-42)37-19-8-3-9-20-37/h1-32H. The predicted molar refractivity (Wildman–Crippen MR) is 243 cm³/mol. The fraction of sp³-hybridized carbons (Fsp3) is 0. The van der Waals surface area contributed by atoms with Crippen LogP contribution in [-0.4, -0.2) is 29.1 Å². The third-order valence-corrected chi connectivity index (χ3v) is 12.4. The minimum atomic E-state index is 0.554. The molecule has 8 aromatic carbocycles. The molecule has 59 heavy (non-hydrogen) atoms. The molecule has 6 nitrogen and oxygen atoms in total. The van der Waals surface area contributed by atoms with Crippen LogP contribution in [0.2, 0.25) is 0 Å². The van der Waals surface area contributed by atoms with Crippen LogP contribution < -0.4 is 0 Å². The van der Waals surface area contributed by atoms with Gasteiger partial charge in [0, 0.05) is 38.2 Å². The Morgan fingerprint density at radius 3 is 1.47 bits per heavy atom. The van der Waals surface area contributed by atoms with Crippen LogP contribution in [0.5, 0.6) is 0 Å². The van der Waals surface area contributed by atoms with Gasteiger partial charge in [-0.2, -0.15) is 9.97 Å². The maximum absolute atomic E-state index is 5.35. The van der Waals surface area contributed by atoms with Crippen molar-refractivity contribution in [3.63, 3.8) is 0 Å². The van der Waals surface area contributed by atoms with Gasteiger partial charge in [-0.05, 0) is 35.4 Å². The van der Waals surface area contributed by atoms with Crippen LogP contribution in [0.3, 0.4) is 0 Å². The second-order valence-electron chi connectivity index (χ2n) is 14.7. The lowest BCUT2D eigenvalue weighted by Gasteiger charge is -2.13. The molecular formula is C52H32N6S. The van der Waals surface area contributed by atoms with Gasteiger partial charge in [-0.1, -0.05) is 170 Å². The van der Waals surface area contributed by atoms with Crippen molar-refractivity contribution in [3.05, 3.63) is 194 Å². The third-order valence-electron chi connectivity index (χ3n) is 11.2. The number of nitrogens with zero attached hydrogens (tertiary/aromatic N) is 6. The normalized spacial score (nSPS) is 11.7. The summed E-state index contributed by atoms with van der Waals surface area (Å²) < 4.78 is 5.81. The quantitative estimate of drug-likeness (QED) is 0.169. The van der Waals surface area contributed by atoms with Gasteiger partial charge < -0.3 is 4.57 Å². The highest BCUT2D eigenvalue weighted by Gasteiger charge is 2.24. The molecular weight excluding hydrogens is 741 g/mol. The molecule has 0 N–H and O–H groups in total. The summed E-state index contributed by atoms with van der Waals surface area (Å²) in [6, 6.07) is 67.8. The lowest BCUT2D eigenvalue weighted by atomic mass is 10.0. The van der Waals surface area contributed by atoms with E-state index in [9.17, 15) is 0 Å². The third kappa shape index (κ3) is 5.40. The molecule has 4 aromatic heterocycles. The minimum absolute atomic E-state index is 0.554. The SMILES string of the molecule is c1ccc(-c2ccc(-c3nc(-c4ccccc4)nc(-n4c5ccccc5c5ccc6c7ccccc7n(-c7cccc8nc(-c9ccccc9)sc78)c6c54)n3)cc2)cc1. The predicted octanol–water partition coefficient (Wildman–Crippen LogP) is 13.3. The molecule has 0 saturated carbocycles. The molecule has 0 amide bonds. The molecule has 0 aliphatic carbocycles. The Kier molecular flexibility index (Phi) is 7.61. The Bertz CT molecular complexity index is 3530.